The first-order chi connectivity index (χ1) is 23.9. The van der Waals surface area contributed by atoms with Crippen LogP contribution in [0.3, 0.4) is 0 Å². The lowest BCUT2D eigenvalue weighted by Gasteiger charge is -2.45. The van der Waals surface area contributed by atoms with Gasteiger partial charge in [-0.1, -0.05) is 62.4 Å². The molecule has 2 saturated heterocycles. The maximum atomic E-state index is 14.1. The smallest absolute Gasteiger partial charge is 0.418 e. The van der Waals surface area contributed by atoms with Crippen LogP contribution in [-0.4, -0.2) is 65.6 Å². The summed E-state index contributed by atoms with van der Waals surface area (Å²) in [4.78, 5) is 29.8. The fourth-order valence-corrected chi connectivity index (χ4v) is 8.90. The van der Waals surface area contributed by atoms with Crippen LogP contribution < -0.4 is 11.1 Å². The Bertz CT molecular complexity index is 1520. The number of carbonyl (C=O) groups is 2. The summed E-state index contributed by atoms with van der Waals surface area (Å²) in [6.07, 6.45) is 1.58. The quantitative estimate of drug-likeness (QED) is 0.181. The molecule has 274 valence electrons. The van der Waals surface area contributed by atoms with Gasteiger partial charge in [0.15, 0.2) is 0 Å². The Hall–Kier alpha value is -3.06. The molecule has 3 heterocycles. The van der Waals surface area contributed by atoms with E-state index in [-0.39, 0.29) is 36.0 Å². The number of ether oxygens (including phenoxy) is 2. The molecule has 1 aliphatic carbocycles. The Labute approximate surface area is 296 Å². The van der Waals surface area contributed by atoms with Gasteiger partial charge in [0.25, 0.3) is 5.91 Å². The maximum Gasteiger partial charge on any atom is 0.418 e. The normalized spacial score (nSPS) is 24.3. The molecule has 1 unspecified atom stereocenters. The van der Waals surface area contributed by atoms with Crippen LogP contribution in [-0.2, 0) is 32.5 Å². The molecule has 0 bridgehead atoms. The molecule has 0 aromatic heterocycles. The van der Waals surface area contributed by atoms with Gasteiger partial charge in [0.1, 0.15) is 11.7 Å². The second-order valence-electron chi connectivity index (χ2n) is 14.5. The SMILES string of the molecule is CCCC1CCC(C2CCN(C(=O)[C@@H](Cc3cc(Cl)c(N)c(C(F)(F)F)c3)OC(O)N3CCC4(CC3)OC(=O)Nc3ccccc34)CC2)CC1. The van der Waals surface area contributed by atoms with Crippen LogP contribution in [0.4, 0.5) is 29.3 Å². The van der Waals surface area contributed by atoms with Crippen molar-refractivity contribution in [2.24, 2.45) is 17.8 Å². The van der Waals surface area contributed by atoms with Gasteiger partial charge in [0.05, 0.1) is 22.0 Å². The number of fused-ring (bicyclic) bond motifs is 2. The number of aliphatic hydroxyl groups is 1. The minimum Gasteiger partial charge on any atom is -0.438 e. The molecule has 2 aromatic rings. The molecule has 3 aliphatic heterocycles. The Balaban J connectivity index is 1.15. The summed E-state index contributed by atoms with van der Waals surface area (Å²) in [7, 11) is 0. The van der Waals surface area contributed by atoms with Crippen molar-refractivity contribution in [3.63, 3.8) is 0 Å². The van der Waals surface area contributed by atoms with Crippen LogP contribution in [0.15, 0.2) is 36.4 Å². The number of nitrogens with one attached hydrogen (secondary N) is 1. The molecule has 50 heavy (non-hydrogen) atoms. The third-order valence-corrected chi connectivity index (χ3v) is 11.8. The van der Waals surface area contributed by atoms with Crippen LogP contribution in [0.5, 0.6) is 0 Å². The summed E-state index contributed by atoms with van der Waals surface area (Å²) in [6, 6.07) is 9.63. The van der Waals surface area contributed by atoms with Crippen molar-refractivity contribution in [2.75, 3.05) is 37.2 Å². The molecular weight excluding hydrogens is 673 g/mol. The van der Waals surface area contributed by atoms with E-state index in [9.17, 15) is 27.9 Å². The molecule has 2 aromatic carbocycles. The summed E-state index contributed by atoms with van der Waals surface area (Å²) in [6.45, 7) is 3.84. The molecule has 1 saturated carbocycles. The molecule has 0 radical (unpaired) electrons. The van der Waals surface area contributed by atoms with E-state index in [2.05, 4.69) is 12.2 Å². The molecule has 13 heteroatoms. The zero-order valence-corrected chi connectivity index (χ0v) is 29.3. The third-order valence-electron chi connectivity index (χ3n) is 11.4. The maximum absolute atomic E-state index is 14.1. The number of alkyl halides is 3. The predicted octanol–water partition coefficient (Wildman–Crippen LogP) is 7.54. The van der Waals surface area contributed by atoms with Gasteiger partial charge in [-0.15, -0.1) is 0 Å². The van der Waals surface area contributed by atoms with E-state index in [4.69, 9.17) is 26.8 Å². The minimum atomic E-state index is -4.75. The lowest BCUT2D eigenvalue weighted by atomic mass is 9.72. The number of amides is 2. The highest BCUT2D eigenvalue weighted by molar-refractivity contribution is 6.33. The van der Waals surface area contributed by atoms with Crippen molar-refractivity contribution in [3.8, 4) is 0 Å². The van der Waals surface area contributed by atoms with Crippen LogP contribution in [0.1, 0.15) is 87.8 Å². The summed E-state index contributed by atoms with van der Waals surface area (Å²) in [5.41, 5.74) is 4.78. The Morgan fingerprint density at radius 1 is 1.08 bits per heavy atom. The van der Waals surface area contributed by atoms with Gasteiger partial charge in [-0.25, -0.2) is 4.79 Å². The number of piperidine rings is 2. The van der Waals surface area contributed by atoms with Gasteiger partial charge < -0.3 is 25.2 Å². The number of carbonyl (C=O) groups excluding carboxylic acids is 2. The Morgan fingerprint density at radius 2 is 1.74 bits per heavy atom. The average Bonchev–Trinajstić information content (AvgIpc) is 3.09. The van der Waals surface area contributed by atoms with Crippen LogP contribution in [0, 0.1) is 17.8 Å². The van der Waals surface area contributed by atoms with Crippen LogP contribution >= 0.6 is 11.6 Å². The van der Waals surface area contributed by atoms with Gasteiger partial charge >= 0.3 is 12.3 Å². The predicted molar refractivity (Wildman–Crippen MR) is 184 cm³/mol. The van der Waals surface area contributed by atoms with E-state index in [1.165, 1.54) is 44.6 Å². The van der Waals surface area contributed by atoms with Gasteiger partial charge in [-0.3, -0.25) is 15.0 Å². The number of anilines is 2. The first kappa shape index (κ1) is 36.7. The molecule has 1 spiro atoms. The van der Waals surface area contributed by atoms with Gasteiger partial charge in [0, 0.05) is 51.0 Å². The van der Waals surface area contributed by atoms with Crippen molar-refractivity contribution in [2.45, 2.75) is 102 Å². The highest BCUT2D eigenvalue weighted by Crippen LogP contribution is 2.44. The monoisotopic (exact) mass is 720 g/mol. The number of nitrogen functional groups attached to an aromatic ring is 1. The van der Waals surface area contributed by atoms with E-state index in [1.54, 1.807) is 9.80 Å². The third kappa shape index (κ3) is 8.03. The highest BCUT2D eigenvalue weighted by Gasteiger charge is 2.46. The van der Waals surface area contributed by atoms with E-state index in [0.29, 0.717) is 43.5 Å². The minimum absolute atomic E-state index is 0.122. The summed E-state index contributed by atoms with van der Waals surface area (Å²) in [5.74, 6) is 1.62. The molecule has 9 nitrogen and oxygen atoms in total. The number of benzene rings is 2. The standard InChI is InChI=1S/C37H48ClF3N4O5/c1-2-5-23-8-10-25(11-9-23)26-12-16-44(17-13-26)33(46)31(22-24-20-28(37(39,40)41)32(42)29(38)21-24)49-35(48)45-18-14-36(15-19-45)27-6-3-4-7-30(27)43-34(47)50-36/h3-4,6-7,20-21,23,25-26,31,35,48H,2,5,8-19,22,42H2,1H3,(H,43,47)/t23?,25?,31-,35?/m1/s1. The largest absolute Gasteiger partial charge is 0.438 e. The molecule has 6 rings (SSSR count). The Morgan fingerprint density at radius 3 is 2.40 bits per heavy atom. The van der Waals surface area contributed by atoms with Crippen LogP contribution in [0.25, 0.3) is 0 Å². The average molecular weight is 721 g/mol. The van der Waals surface area contributed by atoms with Crippen molar-refractivity contribution in [3.05, 3.63) is 58.1 Å². The molecule has 4 N–H and O–H groups in total. The zero-order chi connectivity index (χ0) is 35.6. The number of para-hydroxylation sites is 1. The number of hydrogen-bond donors (Lipinski definition) is 3. The first-order valence-corrected chi connectivity index (χ1v) is 18.4. The van der Waals surface area contributed by atoms with Gasteiger partial charge in [-0.2, -0.15) is 13.2 Å². The molecule has 2 amide bonds. The van der Waals surface area contributed by atoms with Gasteiger partial charge in [-0.05, 0) is 67.2 Å². The fraction of sp³-hybridized carbons (Fsp3) is 0.622. The van der Waals surface area contributed by atoms with E-state index in [1.807, 2.05) is 24.3 Å². The van der Waals surface area contributed by atoms with Crippen molar-refractivity contribution < 1.29 is 37.3 Å². The topological polar surface area (TPSA) is 117 Å². The number of nitrogens with two attached hydrogens (primary N) is 1. The molecular formula is C37H48ClF3N4O5. The van der Waals surface area contributed by atoms with Crippen molar-refractivity contribution >= 4 is 35.0 Å². The van der Waals surface area contributed by atoms with E-state index in [0.717, 1.165) is 30.4 Å². The summed E-state index contributed by atoms with van der Waals surface area (Å²) < 4.78 is 53.4. The van der Waals surface area contributed by atoms with E-state index < -0.39 is 41.6 Å². The zero-order valence-electron chi connectivity index (χ0n) is 28.5. The molecule has 3 fully saturated rings. The number of rotatable bonds is 9. The summed E-state index contributed by atoms with van der Waals surface area (Å²) >= 11 is 6.14. The number of nitrogens with zero attached hydrogens (tertiary/aromatic N) is 2. The first-order valence-electron chi connectivity index (χ1n) is 18.0. The lowest BCUT2D eigenvalue weighted by molar-refractivity contribution is -0.231. The summed E-state index contributed by atoms with van der Waals surface area (Å²) in [5, 5.41) is 13.8. The Kier molecular flexibility index (Phi) is 11.2. The van der Waals surface area contributed by atoms with Gasteiger partial charge in [0.2, 0.25) is 6.41 Å². The number of aliphatic hydroxyl groups excluding tert-OH is 1. The van der Waals surface area contributed by atoms with Crippen molar-refractivity contribution in [1.29, 1.82) is 0 Å². The van der Waals surface area contributed by atoms with E-state index >= 15 is 0 Å². The molecule has 4 aliphatic rings. The van der Waals surface area contributed by atoms with Crippen LogP contribution in [0.2, 0.25) is 5.02 Å². The second kappa shape index (κ2) is 15.3. The van der Waals surface area contributed by atoms with Crippen molar-refractivity contribution in [1.82, 2.24) is 9.80 Å². The lowest BCUT2D eigenvalue weighted by Crippen LogP contribution is -2.53. The fourth-order valence-electron chi connectivity index (χ4n) is 8.65. The second-order valence-corrected chi connectivity index (χ2v) is 14.9. The number of hydrogen-bond acceptors (Lipinski definition) is 7. The number of halogens is 4. The number of likely N-dealkylation sites (tertiary alicyclic amines) is 2. The molecule has 2 atom stereocenters. The highest BCUT2D eigenvalue weighted by atomic mass is 35.5.